The van der Waals surface area contributed by atoms with E-state index in [-0.39, 0.29) is 0 Å². The lowest BCUT2D eigenvalue weighted by molar-refractivity contribution is 0.714. The molecule has 0 saturated heterocycles. The molecule has 78 heavy (non-hydrogen) atoms. The molecule has 1 unspecified atom stereocenters. The van der Waals surface area contributed by atoms with Gasteiger partial charge in [0.25, 0.3) is 0 Å². The van der Waals surface area contributed by atoms with Gasteiger partial charge in [0, 0.05) is 22.5 Å². The predicted molar refractivity (Wildman–Crippen MR) is 327 cm³/mol. The van der Waals surface area contributed by atoms with E-state index in [1.165, 1.54) is 111 Å². The Morgan fingerprint density at radius 1 is 0.256 bits per heavy atom. The van der Waals surface area contributed by atoms with Crippen LogP contribution in [0.5, 0.6) is 0 Å². The van der Waals surface area contributed by atoms with Gasteiger partial charge in [-0.25, -0.2) is 0 Å². The van der Waals surface area contributed by atoms with E-state index in [2.05, 4.69) is 315 Å². The zero-order valence-corrected chi connectivity index (χ0v) is 43.3. The Kier molecular flexibility index (Phi) is 10.6. The van der Waals surface area contributed by atoms with Crippen LogP contribution in [0, 0.1) is 0 Å². The van der Waals surface area contributed by atoms with E-state index >= 15 is 0 Å². The van der Waals surface area contributed by atoms with Crippen molar-refractivity contribution >= 4 is 38.6 Å². The minimum atomic E-state index is -0.555. The van der Waals surface area contributed by atoms with E-state index in [0.29, 0.717) is 0 Å². The maximum Gasteiger partial charge on any atom is 0.0714 e. The summed E-state index contributed by atoms with van der Waals surface area (Å²) >= 11 is 0. The van der Waals surface area contributed by atoms with Crippen LogP contribution in [0.25, 0.3) is 77.2 Å². The quantitative estimate of drug-likeness (QED) is 0.130. The minimum Gasteiger partial charge on any atom is -0.310 e. The van der Waals surface area contributed by atoms with Gasteiger partial charge in [0.2, 0.25) is 0 Å². The molecule has 0 aromatic heterocycles. The van der Waals surface area contributed by atoms with Gasteiger partial charge in [0.05, 0.1) is 5.41 Å². The van der Waals surface area contributed by atoms with Gasteiger partial charge in [0.15, 0.2) is 0 Å². The van der Waals surface area contributed by atoms with E-state index in [1.54, 1.807) is 0 Å². The van der Waals surface area contributed by atoms with Crippen LogP contribution in [0.4, 0.5) is 17.1 Å². The SMILES string of the molecule is CC1(c2ccccc2)c2cc(N(c3ccc(-c4cccc(-c5cc6ccccc6c6ccccc56)c4)cc3)c3ccc4c(c3)C(c3ccccc3)(c3ccccc3)c3ccccc3-4)ccc2-c2c(-c3ccccc3)cccc21. The van der Waals surface area contributed by atoms with Crippen LogP contribution in [0.15, 0.2) is 303 Å². The highest BCUT2D eigenvalue weighted by molar-refractivity contribution is 6.14. The largest absolute Gasteiger partial charge is 0.310 e. The van der Waals surface area contributed by atoms with Crippen molar-refractivity contribution in [2.24, 2.45) is 0 Å². The molecule has 0 bridgehead atoms. The van der Waals surface area contributed by atoms with E-state index in [0.717, 1.165) is 22.6 Å². The monoisotopic (exact) mass is 991 g/mol. The van der Waals surface area contributed by atoms with Crippen molar-refractivity contribution < 1.29 is 0 Å². The topological polar surface area (TPSA) is 3.24 Å². The van der Waals surface area contributed by atoms with Crippen LogP contribution in [-0.4, -0.2) is 0 Å². The third-order valence-corrected chi connectivity index (χ3v) is 17.2. The van der Waals surface area contributed by atoms with Crippen molar-refractivity contribution in [2.75, 3.05) is 4.90 Å². The number of fused-ring (bicyclic) bond motifs is 9. The summed E-state index contributed by atoms with van der Waals surface area (Å²) in [4.78, 5) is 2.50. The summed E-state index contributed by atoms with van der Waals surface area (Å²) in [6.45, 7) is 2.43. The first-order chi connectivity index (χ1) is 38.6. The molecule has 0 spiro atoms. The maximum absolute atomic E-state index is 2.50. The third-order valence-electron chi connectivity index (χ3n) is 17.2. The fourth-order valence-corrected chi connectivity index (χ4v) is 13.6. The van der Waals surface area contributed by atoms with E-state index in [9.17, 15) is 0 Å². The first kappa shape index (κ1) is 45.6. The van der Waals surface area contributed by atoms with Crippen molar-refractivity contribution in [3.05, 3.63) is 342 Å². The molecule has 0 amide bonds. The highest BCUT2D eigenvalue weighted by Gasteiger charge is 2.47. The van der Waals surface area contributed by atoms with Crippen LogP contribution in [0.3, 0.4) is 0 Å². The zero-order chi connectivity index (χ0) is 51.8. The Morgan fingerprint density at radius 2 is 0.756 bits per heavy atom. The summed E-state index contributed by atoms with van der Waals surface area (Å²) in [7, 11) is 0. The summed E-state index contributed by atoms with van der Waals surface area (Å²) in [6, 6.07) is 113. The van der Waals surface area contributed by atoms with Crippen molar-refractivity contribution in [3.8, 4) is 55.6 Å². The molecular weight excluding hydrogens is 939 g/mol. The first-order valence-electron chi connectivity index (χ1n) is 27.2. The second kappa shape index (κ2) is 18.2. The average molecular weight is 992 g/mol. The van der Waals surface area contributed by atoms with E-state index < -0.39 is 10.8 Å². The Bertz CT molecular complexity index is 4390. The van der Waals surface area contributed by atoms with Crippen LogP contribution >= 0.6 is 0 Å². The summed E-state index contributed by atoms with van der Waals surface area (Å²) in [5, 5.41) is 5.06. The second-order valence-electron chi connectivity index (χ2n) is 21.2. The highest BCUT2D eigenvalue weighted by atomic mass is 15.1. The number of nitrogens with zero attached hydrogens (tertiary/aromatic N) is 1. The van der Waals surface area contributed by atoms with E-state index in [1.807, 2.05) is 0 Å². The first-order valence-corrected chi connectivity index (χ1v) is 27.2. The molecule has 2 aliphatic rings. The molecule has 0 aliphatic heterocycles. The van der Waals surface area contributed by atoms with Gasteiger partial charge in [-0.3, -0.25) is 0 Å². The van der Waals surface area contributed by atoms with Gasteiger partial charge in [-0.1, -0.05) is 255 Å². The summed E-state index contributed by atoms with van der Waals surface area (Å²) in [5.74, 6) is 0. The summed E-state index contributed by atoms with van der Waals surface area (Å²) in [5.41, 5.74) is 23.6. The fourth-order valence-electron chi connectivity index (χ4n) is 13.6. The van der Waals surface area contributed by atoms with Gasteiger partial charge in [0.1, 0.15) is 0 Å². The molecule has 1 nitrogen and oxygen atoms in total. The standard InChI is InChI=1S/C77H53N/c1-76(57-27-8-3-9-28-57)72-39-21-37-64(53-22-6-2-7-23-53)75(72)69-47-45-61(50-73(69)76)78(62-44-46-68-67-36-18-19-38-71(67)77(74(68)51-62,58-29-10-4-11-30-58)59-31-12-5-13-32-59)60-42-40-52(41-43-60)54-25-20-26-55(48-54)70-49-56-24-14-15-33-63(56)65-34-16-17-35-66(65)70/h2-51H,1H3. The van der Waals surface area contributed by atoms with Gasteiger partial charge >= 0.3 is 0 Å². The molecular formula is C77H53N. The van der Waals surface area contributed by atoms with Crippen LogP contribution in [-0.2, 0) is 10.8 Å². The molecule has 0 fully saturated rings. The van der Waals surface area contributed by atoms with E-state index in [4.69, 9.17) is 0 Å². The predicted octanol–water partition coefficient (Wildman–Crippen LogP) is 20.2. The molecule has 0 radical (unpaired) electrons. The Labute approximate surface area is 456 Å². The molecule has 2 aliphatic carbocycles. The third kappa shape index (κ3) is 6.95. The molecule has 15 rings (SSSR count). The van der Waals surface area contributed by atoms with Crippen LogP contribution in [0.2, 0.25) is 0 Å². The average Bonchev–Trinajstić information content (AvgIpc) is 4.12. The molecule has 13 aromatic carbocycles. The Morgan fingerprint density at radius 3 is 1.47 bits per heavy atom. The molecule has 366 valence electrons. The number of hydrogen-bond acceptors (Lipinski definition) is 1. The van der Waals surface area contributed by atoms with Gasteiger partial charge in [-0.15, -0.1) is 0 Å². The number of hydrogen-bond donors (Lipinski definition) is 0. The number of anilines is 3. The Balaban J connectivity index is 0.933. The molecule has 1 heteroatoms. The minimum absolute atomic E-state index is 0.432. The molecule has 0 heterocycles. The second-order valence-corrected chi connectivity index (χ2v) is 21.2. The maximum atomic E-state index is 2.50. The lowest BCUT2D eigenvalue weighted by atomic mass is 9.67. The molecule has 0 saturated carbocycles. The smallest absolute Gasteiger partial charge is 0.0714 e. The normalized spacial score (nSPS) is 14.6. The number of rotatable bonds is 9. The van der Waals surface area contributed by atoms with Gasteiger partial charge in [-0.05, 0) is 172 Å². The molecule has 0 N–H and O–H groups in total. The van der Waals surface area contributed by atoms with Crippen molar-refractivity contribution in [1.82, 2.24) is 0 Å². The van der Waals surface area contributed by atoms with Crippen LogP contribution < -0.4 is 4.90 Å². The molecule has 13 aromatic rings. The van der Waals surface area contributed by atoms with Crippen molar-refractivity contribution in [1.29, 1.82) is 0 Å². The number of benzene rings is 13. The fraction of sp³-hybridized carbons (Fsp3) is 0.0390. The molecule has 1 atom stereocenters. The lowest BCUT2D eigenvalue weighted by Crippen LogP contribution is -2.28. The van der Waals surface area contributed by atoms with Crippen LogP contribution in [0.1, 0.15) is 45.9 Å². The van der Waals surface area contributed by atoms with Crippen molar-refractivity contribution in [3.63, 3.8) is 0 Å². The van der Waals surface area contributed by atoms with Crippen molar-refractivity contribution in [2.45, 2.75) is 17.8 Å². The van der Waals surface area contributed by atoms with Gasteiger partial charge in [-0.2, -0.15) is 0 Å². The Hall–Kier alpha value is -9.82. The lowest BCUT2D eigenvalue weighted by Gasteiger charge is -2.35. The summed E-state index contributed by atoms with van der Waals surface area (Å²) in [6.07, 6.45) is 0. The zero-order valence-electron chi connectivity index (χ0n) is 43.3. The van der Waals surface area contributed by atoms with Gasteiger partial charge < -0.3 is 4.90 Å². The summed E-state index contributed by atoms with van der Waals surface area (Å²) < 4.78 is 0. The highest BCUT2D eigenvalue weighted by Crippen LogP contribution is 2.59.